The zero-order chi connectivity index (χ0) is 18.6. The molecule has 2 aliphatic rings. The van der Waals surface area contributed by atoms with Gasteiger partial charge in [-0.2, -0.15) is 11.8 Å². The number of rotatable bonds is 6. The van der Waals surface area contributed by atoms with Crippen molar-refractivity contribution >= 4 is 28.6 Å². The van der Waals surface area contributed by atoms with E-state index in [1.165, 1.54) is 32.1 Å². The Morgan fingerprint density at radius 3 is 2.81 bits per heavy atom. The highest BCUT2D eigenvalue weighted by molar-refractivity contribution is 7.99. The first-order chi connectivity index (χ1) is 13.2. The van der Waals surface area contributed by atoms with Crippen LogP contribution in [-0.2, 0) is 5.75 Å². The third-order valence-corrected chi connectivity index (χ3v) is 7.15. The molecular formula is C21H28N2O3S. The number of thioether (sulfide) groups is 1. The second kappa shape index (κ2) is 8.67. The van der Waals surface area contributed by atoms with Gasteiger partial charge in [0, 0.05) is 47.5 Å². The number of fused-ring (bicyclic) bond motifs is 1. The molecule has 0 radical (unpaired) electrons. The lowest BCUT2D eigenvalue weighted by Gasteiger charge is -2.21. The van der Waals surface area contributed by atoms with E-state index < -0.39 is 6.10 Å². The zero-order valence-electron chi connectivity index (χ0n) is 15.6. The van der Waals surface area contributed by atoms with Crippen molar-refractivity contribution in [1.29, 1.82) is 0 Å². The summed E-state index contributed by atoms with van der Waals surface area (Å²) in [4.78, 5) is 12.8. The van der Waals surface area contributed by atoms with Crippen LogP contribution >= 0.6 is 11.8 Å². The van der Waals surface area contributed by atoms with E-state index in [1.807, 2.05) is 36.0 Å². The average Bonchev–Trinajstić information content (AvgIpc) is 3.28. The standard InChI is InChI=1S/C21H28N2O3S/c24-18-12-22-10-14(18)11-23-21(25)20-17(13-27-15-6-2-1-3-7-15)16-8-4-5-9-19(16)26-20/h4-5,8-9,14-15,18,22,24H,1-3,6-7,10-13H2,(H,23,25). The van der Waals surface area contributed by atoms with Crippen molar-refractivity contribution in [2.45, 2.75) is 49.2 Å². The molecular weight excluding hydrogens is 360 g/mol. The van der Waals surface area contributed by atoms with E-state index in [9.17, 15) is 9.90 Å². The number of para-hydroxylation sites is 1. The molecule has 6 heteroatoms. The quantitative estimate of drug-likeness (QED) is 0.708. The molecule has 2 atom stereocenters. The van der Waals surface area contributed by atoms with Gasteiger partial charge in [0.1, 0.15) is 5.58 Å². The number of hydrogen-bond donors (Lipinski definition) is 3. The van der Waals surface area contributed by atoms with Gasteiger partial charge in [-0.25, -0.2) is 0 Å². The molecule has 0 bridgehead atoms. The van der Waals surface area contributed by atoms with Crippen molar-refractivity contribution in [2.24, 2.45) is 5.92 Å². The highest BCUT2D eigenvalue weighted by Crippen LogP contribution is 2.35. The number of nitrogens with one attached hydrogen (secondary N) is 2. The third kappa shape index (κ3) is 4.33. The van der Waals surface area contributed by atoms with Gasteiger partial charge in [-0.05, 0) is 18.9 Å². The molecule has 146 valence electrons. The number of carbonyl (C=O) groups excluding carboxylic acids is 1. The molecule has 1 saturated carbocycles. The lowest BCUT2D eigenvalue weighted by molar-refractivity contribution is 0.0901. The molecule has 1 amide bonds. The van der Waals surface area contributed by atoms with Crippen molar-refractivity contribution in [1.82, 2.24) is 10.6 Å². The number of benzene rings is 1. The van der Waals surface area contributed by atoms with Gasteiger partial charge in [0.2, 0.25) is 0 Å². The fourth-order valence-electron chi connectivity index (χ4n) is 4.09. The van der Waals surface area contributed by atoms with Crippen molar-refractivity contribution < 1.29 is 14.3 Å². The molecule has 0 spiro atoms. The Bertz CT molecular complexity index is 785. The van der Waals surface area contributed by atoms with Crippen LogP contribution in [0, 0.1) is 5.92 Å². The summed E-state index contributed by atoms with van der Waals surface area (Å²) in [6, 6.07) is 7.89. The Labute approximate surface area is 164 Å². The number of aliphatic hydroxyl groups is 1. The molecule has 1 aliphatic carbocycles. The van der Waals surface area contributed by atoms with Crippen LogP contribution in [0.4, 0.5) is 0 Å². The maximum atomic E-state index is 12.8. The number of carbonyl (C=O) groups is 1. The Balaban J connectivity index is 1.49. The van der Waals surface area contributed by atoms with Gasteiger partial charge in [-0.1, -0.05) is 37.5 Å². The van der Waals surface area contributed by atoms with Crippen molar-refractivity contribution in [2.75, 3.05) is 19.6 Å². The fraction of sp³-hybridized carbons (Fsp3) is 0.571. The fourth-order valence-corrected chi connectivity index (χ4v) is 5.45. The first kappa shape index (κ1) is 18.8. The summed E-state index contributed by atoms with van der Waals surface area (Å²) in [6.45, 7) is 1.78. The zero-order valence-corrected chi connectivity index (χ0v) is 16.4. The SMILES string of the molecule is O=C(NCC1CNCC1O)c1oc2ccccc2c1CSC1CCCCC1. The third-order valence-electron chi connectivity index (χ3n) is 5.75. The second-order valence-corrected chi connectivity index (χ2v) is 8.96. The van der Waals surface area contributed by atoms with Gasteiger partial charge < -0.3 is 20.2 Å². The molecule has 1 saturated heterocycles. The summed E-state index contributed by atoms with van der Waals surface area (Å²) in [5.74, 6) is 1.11. The van der Waals surface area contributed by atoms with Gasteiger partial charge in [-0.15, -0.1) is 0 Å². The Morgan fingerprint density at radius 1 is 1.22 bits per heavy atom. The summed E-state index contributed by atoms with van der Waals surface area (Å²) < 4.78 is 5.94. The van der Waals surface area contributed by atoms with Gasteiger partial charge in [0.25, 0.3) is 5.91 Å². The lowest BCUT2D eigenvalue weighted by atomic mass is 10.0. The molecule has 2 heterocycles. The van der Waals surface area contributed by atoms with Gasteiger partial charge in [0.05, 0.1) is 6.10 Å². The summed E-state index contributed by atoms with van der Waals surface area (Å²) in [6.07, 6.45) is 6.12. The Kier molecular flexibility index (Phi) is 6.05. The number of furan rings is 1. The topological polar surface area (TPSA) is 74.5 Å². The van der Waals surface area contributed by atoms with E-state index in [0.717, 1.165) is 28.8 Å². The smallest absolute Gasteiger partial charge is 0.287 e. The predicted molar refractivity (Wildman–Crippen MR) is 109 cm³/mol. The van der Waals surface area contributed by atoms with E-state index >= 15 is 0 Å². The van der Waals surface area contributed by atoms with Crippen LogP contribution in [0.3, 0.4) is 0 Å². The van der Waals surface area contributed by atoms with E-state index in [2.05, 4.69) is 10.6 Å². The Hall–Kier alpha value is -1.50. The van der Waals surface area contributed by atoms with Crippen LogP contribution < -0.4 is 10.6 Å². The normalized spacial score (nSPS) is 23.7. The molecule has 2 fully saturated rings. The van der Waals surface area contributed by atoms with Gasteiger partial charge >= 0.3 is 0 Å². The number of aliphatic hydroxyl groups excluding tert-OH is 1. The maximum absolute atomic E-state index is 12.8. The predicted octanol–water partition coefficient (Wildman–Crippen LogP) is 3.31. The summed E-state index contributed by atoms with van der Waals surface area (Å²) in [5.41, 5.74) is 1.77. The Morgan fingerprint density at radius 2 is 2.04 bits per heavy atom. The molecule has 27 heavy (non-hydrogen) atoms. The van der Waals surface area contributed by atoms with E-state index in [1.54, 1.807) is 0 Å². The van der Waals surface area contributed by atoms with E-state index in [0.29, 0.717) is 24.1 Å². The van der Waals surface area contributed by atoms with Gasteiger partial charge in [0.15, 0.2) is 5.76 Å². The van der Waals surface area contributed by atoms with Crippen LogP contribution in [0.1, 0.15) is 48.2 Å². The van der Waals surface area contributed by atoms with E-state index in [-0.39, 0.29) is 11.8 Å². The molecule has 3 N–H and O–H groups in total. The minimum atomic E-state index is -0.401. The van der Waals surface area contributed by atoms with Crippen LogP contribution in [0.5, 0.6) is 0 Å². The summed E-state index contributed by atoms with van der Waals surface area (Å²) >= 11 is 1.96. The van der Waals surface area contributed by atoms with Crippen molar-refractivity contribution in [3.8, 4) is 0 Å². The molecule has 4 rings (SSSR count). The first-order valence-electron chi connectivity index (χ1n) is 10.0. The lowest BCUT2D eigenvalue weighted by Crippen LogP contribution is -2.34. The summed E-state index contributed by atoms with van der Waals surface area (Å²) in [7, 11) is 0. The highest BCUT2D eigenvalue weighted by atomic mass is 32.2. The molecule has 1 aliphatic heterocycles. The van der Waals surface area contributed by atoms with Crippen LogP contribution in [0.25, 0.3) is 11.0 Å². The largest absolute Gasteiger partial charge is 0.451 e. The number of β-amino-alcohol motifs (C(OH)–C–C–N with tert-alkyl or cyclic N) is 1. The second-order valence-electron chi connectivity index (χ2n) is 7.67. The molecule has 1 aromatic heterocycles. The van der Waals surface area contributed by atoms with Crippen LogP contribution in [0.15, 0.2) is 28.7 Å². The minimum absolute atomic E-state index is 0.0541. The molecule has 2 unspecified atom stereocenters. The van der Waals surface area contributed by atoms with Crippen molar-refractivity contribution in [3.05, 3.63) is 35.6 Å². The summed E-state index contributed by atoms with van der Waals surface area (Å²) in [5, 5.41) is 17.8. The molecule has 1 aromatic carbocycles. The molecule has 2 aromatic rings. The van der Waals surface area contributed by atoms with Crippen molar-refractivity contribution in [3.63, 3.8) is 0 Å². The van der Waals surface area contributed by atoms with E-state index in [4.69, 9.17) is 4.42 Å². The molecule has 5 nitrogen and oxygen atoms in total. The highest BCUT2D eigenvalue weighted by Gasteiger charge is 2.27. The number of amides is 1. The maximum Gasteiger partial charge on any atom is 0.287 e. The average molecular weight is 389 g/mol. The van der Waals surface area contributed by atoms with Gasteiger partial charge in [-0.3, -0.25) is 4.79 Å². The first-order valence-corrected chi connectivity index (χ1v) is 11.1. The minimum Gasteiger partial charge on any atom is -0.451 e. The number of hydrogen-bond acceptors (Lipinski definition) is 5. The monoisotopic (exact) mass is 388 g/mol. The van der Waals surface area contributed by atoms with Crippen LogP contribution in [-0.4, -0.2) is 42.0 Å². The van der Waals surface area contributed by atoms with Crippen LogP contribution in [0.2, 0.25) is 0 Å².